The number of hydrogen-bond acceptors (Lipinski definition) is 4. The van der Waals surface area contributed by atoms with Gasteiger partial charge in [0.25, 0.3) is 0 Å². The molecule has 1 aliphatic rings. The summed E-state index contributed by atoms with van der Waals surface area (Å²) in [7, 11) is 3.49. The lowest BCUT2D eigenvalue weighted by Crippen LogP contribution is -2.48. The predicted molar refractivity (Wildman–Crippen MR) is 114 cm³/mol. The van der Waals surface area contributed by atoms with Crippen molar-refractivity contribution in [1.82, 2.24) is 15.6 Å². The molecule has 2 N–H and O–H groups in total. The number of aromatic nitrogens is 1. The molecule has 0 bridgehead atoms. The average molecular weight is 432 g/mol. The number of guanidine groups is 1. The first kappa shape index (κ1) is 19.5. The van der Waals surface area contributed by atoms with E-state index in [2.05, 4.69) is 53.6 Å². The largest absolute Gasteiger partial charge is 0.496 e. The van der Waals surface area contributed by atoms with Crippen molar-refractivity contribution in [1.29, 1.82) is 0 Å². The summed E-state index contributed by atoms with van der Waals surface area (Å²) in [6.45, 7) is 2.63. The molecule has 1 aliphatic heterocycles. The van der Waals surface area contributed by atoms with E-state index in [0.717, 1.165) is 53.5 Å². The van der Waals surface area contributed by atoms with Crippen LogP contribution >= 0.6 is 15.9 Å². The van der Waals surface area contributed by atoms with Gasteiger partial charge in [-0.15, -0.1) is 0 Å². The number of anilines is 1. The van der Waals surface area contributed by atoms with E-state index in [1.165, 1.54) is 0 Å². The third-order valence-corrected chi connectivity index (χ3v) is 5.21. The molecule has 7 heteroatoms. The van der Waals surface area contributed by atoms with Crippen LogP contribution < -0.4 is 20.3 Å². The number of rotatable bonds is 5. The van der Waals surface area contributed by atoms with E-state index in [-0.39, 0.29) is 0 Å². The number of benzene rings is 1. The molecule has 2 heterocycles. The Hall–Kier alpha value is -2.28. The van der Waals surface area contributed by atoms with Crippen molar-refractivity contribution in [2.75, 3.05) is 32.1 Å². The van der Waals surface area contributed by atoms with Gasteiger partial charge in [0.1, 0.15) is 11.6 Å². The number of ether oxygens (including phenoxy) is 1. The molecular weight excluding hydrogens is 406 g/mol. The normalized spacial score (nSPS) is 15.5. The van der Waals surface area contributed by atoms with Gasteiger partial charge in [-0.05, 0) is 43.2 Å². The van der Waals surface area contributed by atoms with Gasteiger partial charge in [0, 0.05) is 49.0 Å². The van der Waals surface area contributed by atoms with Crippen LogP contribution in [-0.2, 0) is 6.54 Å². The molecule has 0 aliphatic carbocycles. The number of hydrogen-bond donors (Lipinski definition) is 2. The van der Waals surface area contributed by atoms with Gasteiger partial charge in [-0.1, -0.05) is 22.0 Å². The van der Waals surface area contributed by atoms with Crippen LogP contribution in [0.5, 0.6) is 5.75 Å². The molecule has 0 unspecified atom stereocenters. The Morgan fingerprint density at radius 2 is 2.11 bits per heavy atom. The van der Waals surface area contributed by atoms with Gasteiger partial charge in [-0.3, -0.25) is 4.99 Å². The van der Waals surface area contributed by atoms with Crippen LogP contribution in [-0.4, -0.2) is 44.2 Å². The minimum absolute atomic E-state index is 0.403. The minimum Gasteiger partial charge on any atom is -0.496 e. The van der Waals surface area contributed by atoms with E-state index in [1.807, 2.05) is 30.5 Å². The highest BCUT2D eigenvalue weighted by Gasteiger charge is 2.20. The molecule has 0 atom stereocenters. The number of pyridine rings is 1. The topological polar surface area (TPSA) is 61.8 Å². The van der Waals surface area contributed by atoms with E-state index in [0.29, 0.717) is 12.6 Å². The van der Waals surface area contributed by atoms with Crippen LogP contribution in [0.4, 0.5) is 5.82 Å². The van der Waals surface area contributed by atoms with Crippen molar-refractivity contribution in [2.45, 2.75) is 25.4 Å². The van der Waals surface area contributed by atoms with Crippen LogP contribution in [0.2, 0.25) is 0 Å². The van der Waals surface area contributed by atoms with Gasteiger partial charge in [-0.2, -0.15) is 0 Å². The van der Waals surface area contributed by atoms with Gasteiger partial charge >= 0.3 is 0 Å². The second-order valence-corrected chi connectivity index (χ2v) is 7.39. The molecule has 2 aromatic rings. The second-order valence-electron chi connectivity index (χ2n) is 6.48. The van der Waals surface area contributed by atoms with Gasteiger partial charge < -0.3 is 20.3 Å². The van der Waals surface area contributed by atoms with Crippen molar-refractivity contribution >= 4 is 27.7 Å². The summed E-state index contributed by atoms with van der Waals surface area (Å²) >= 11 is 3.52. The molecule has 0 amide bonds. The Morgan fingerprint density at radius 3 is 2.78 bits per heavy atom. The van der Waals surface area contributed by atoms with Gasteiger partial charge in [-0.25, -0.2) is 4.98 Å². The number of methoxy groups -OCH3 is 1. The van der Waals surface area contributed by atoms with Crippen LogP contribution in [0, 0.1) is 0 Å². The van der Waals surface area contributed by atoms with E-state index >= 15 is 0 Å². The van der Waals surface area contributed by atoms with Crippen LogP contribution in [0.1, 0.15) is 18.4 Å². The highest BCUT2D eigenvalue weighted by Crippen LogP contribution is 2.22. The Labute approximate surface area is 169 Å². The van der Waals surface area contributed by atoms with Crippen molar-refractivity contribution < 1.29 is 4.74 Å². The maximum atomic E-state index is 5.44. The summed E-state index contributed by atoms with van der Waals surface area (Å²) in [4.78, 5) is 11.1. The molecule has 144 valence electrons. The fraction of sp³-hybridized carbons (Fsp3) is 0.400. The number of nitrogens with zero attached hydrogens (tertiary/aromatic N) is 3. The first-order valence-corrected chi connectivity index (χ1v) is 9.94. The second kappa shape index (κ2) is 9.60. The van der Waals surface area contributed by atoms with Crippen molar-refractivity contribution in [3.05, 3.63) is 52.6 Å². The monoisotopic (exact) mass is 431 g/mol. The van der Waals surface area contributed by atoms with E-state index in [9.17, 15) is 0 Å². The molecule has 0 saturated carbocycles. The van der Waals surface area contributed by atoms with E-state index < -0.39 is 0 Å². The molecule has 1 fully saturated rings. The first-order chi connectivity index (χ1) is 13.2. The van der Waals surface area contributed by atoms with Crippen LogP contribution in [0.3, 0.4) is 0 Å². The van der Waals surface area contributed by atoms with Crippen molar-refractivity contribution in [2.24, 2.45) is 4.99 Å². The SMILES string of the molecule is CN=C(NCc1cc(Br)ccc1OC)NC1CCN(c2ccccn2)CC1. The molecule has 0 spiro atoms. The number of piperidine rings is 1. The molecule has 3 rings (SSSR count). The third-order valence-electron chi connectivity index (χ3n) is 4.72. The van der Waals surface area contributed by atoms with Crippen LogP contribution in [0.25, 0.3) is 0 Å². The predicted octanol–water partition coefficient (Wildman–Crippen LogP) is 3.19. The summed E-state index contributed by atoms with van der Waals surface area (Å²) in [5.74, 6) is 2.73. The fourth-order valence-electron chi connectivity index (χ4n) is 3.25. The summed E-state index contributed by atoms with van der Waals surface area (Å²) in [5.41, 5.74) is 1.08. The molecule has 1 saturated heterocycles. The lowest BCUT2D eigenvalue weighted by molar-refractivity contribution is 0.408. The number of halogens is 1. The Morgan fingerprint density at radius 1 is 1.30 bits per heavy atom. The molecule has 6 nitrogen and oxygen atoms in total. The number of nitrogens with one attached hydrogen (secondary N) is 2. The van der Waals surface area contributed by atoms with Crippen molar-refractivity contribution in [3.8, 4) is 5.75 Å². The molecule has 1 aromatic carbocycles. The zero-order valence-electron chi connectivity index (χ0n) is 15.8. The fourth-order valence-corrected chi connectivity index (χ4v) is 3.65. The number of aliphatic imine (C=N–C) groups is 1. The summed E-state index contributed by atoms with van der Waals surface area (Å²) in [6.07, 6.45) is 3.95. The molecule has 27 heavy (non-hydrogen) atoms. The summed E-state index contributed by atoms with van der Waals surface area (Å²) in [6, 6.07) is 12.5. The van der Waals surface area contributed by atoms with E-state index in [4.69, 9.17) is 4.74 Å². The van der Waals surface area contributed by atoms with Gasteiger partial charge in [0.05, 0.1) is 7.11 Å². The minimum atomic E-state index is 0.403. The summed E-state index contributed by atoms with van der Waals surface area (Å²) < 4.78 is 6.47. The zero-order chi connectivity index (χ0) is 19.1. The van der Waals surface area contributed by atoms with Crippen molar-refractivity contribution in [3.63, 3.8) is 0 Å². The summed E-state index contributed by atoms with van der Waals surface area (Å²) in [5, 5.41) is 6.93. The molecule has 0 radical (unpaired) electrons. The zero-order valence-corrected chi connectivity index (χ0v) is 17.4. The average Bonchev–Trinajstić information content (AvgIpc) is 2.72. The quantitative estimate of drug-likeness (QED) is 0.562. The highest BCUT2D eigenvalue weighted by atomic mass is 79.9. The first-order valence-electron chi connectivity index (χ1n) is 9.15. The molecule has 1 aromatic heterocycles. The Balaban J connectivity index is 1.51. The third kappa shape index (κ3) is 5.35. The van der Waals surface area contributed by atoms with Gasteiger partial charge in [0.2, 0.25) is 0 Å². The maximum Gasteiger partial charge on any atom is 0.191 e. The van der Waals surface area contributed by atoms with Gasteiger partial charge in [0.15, 0.2) is 5.96 Å². The standard InChI is InChI=1S/C20H26BrN5O/c1-22-20(24-14-15-13-16(21)6-7-18(15)27-2)25-17-8-11-26(12-9-17)19-5-3-4-10-23-19/h3-7,10,13,17H,8-9,11-12,14H2,1-2H3,(H2,22,24,25). The van der Waals surface area contributed by atoms with E-state index in [1.54, 1.807) is 14.2 Å². The smallest absolute Gasteiger partial charge is 0.191 e. The highest BCUT2D eigenvalue weighted by molar-refractivity contribution is 9.10. The molecular formula is C20H26BrN5O. The maximum absolute atomic E-state index is 5.44. The lowest BCUT2D eigenvalue weighted by Gasteiger charge is -2.33. The lowest BCUT2D eigenvalue weighted by atomic mass is 10.1. The Kier molecular flexibility index (Phi) is 6.92. The van der Waals surface area contributed by atoms with Crippen LogP contribution in [0.15, 0.2) is 52.1 Å². The Bertz CT molecular complexity index is 760.